The third-order valence-electron chi connectivity index (χ3n) is 4.05. The van der Waals surface area contributed by atoms with Crippen LogP contribution >= 0.6 is 11.6 Å². The first-order valence-electron chi connectivity index (χ1n) is 8.04. The number of piperidine rings is 1. The predicted octanol–water partition coefficient (Wildman–Crippen LogP) is 3.79. The molecule has 1 aromatic heterocycles. The summed E-state index contributed by atoms with van der Waals surface area (Å²) in [5, 5.41) is 4.02. The summed E-state index contributed by atoms with van der Waals surface area (Å²) >= 11 is 6.20. The molecule has 5 heteroatoms. The largest absolute Gasteiger partial charge is 0.369 e. The number of nitrogens with zero attached hydrogens (tertiary/aromatic N) is 3. The second-order valence-corrected chi connectivity index (χ2v) is 6.79. The van der Waals surface area contributed by atoms with Crippen LogP contribution in [0, 0.1) is 5.92 Å². The average Bonchev–Trinajstić information content (AvgIpc) is 2.45. The molecular formula is C16H27ClN4. The Labute approximate surface area is 133 Å². The molecule has 0 aliphatic carbocycles. The van der Waals surface area contributed by atoms with Crippen LogP contribution < -0.4 is 5.32 Å². The Morgan fingerprint density at radius 2 is 1.90 bits per heavy atom. The van der Waals surface area contributed by atoms with Crippen LogP contribution in [0.2, 0.25) is 5.15 Å². The third kappa shape index (κ3) is 4.82. The van der Waals surface area contributed by atoms with Gasteiger partial charge < -0.3 is 10.2 Å². The lowest BCUT2D eigenvalue weighted by Gasteiger charge is -2.29. The first-order chi connectivity index (χ1) is 10.1. The quantitative estimate of drug-likeness (QED) is 0.812. The lowest BCUT2D eigenvalue weighted by atomic mass is 10.1. The summed E-state index contributed by atoms with van der Waals surface area (Å²) in [6, 6.07) is 0. The molecule has 1 aromatic rings. The number of likely N-dealkylation sites (tertiary alicyclic amines) is 1. The van der Waals surface area contributed by atoms with Gasteiger partial charge in [-0.05, 0) is 37.8 Å². The van der Waals surface area contributed by atoms with E-state index in [0.29, 0.717) is 17.0 Å². The van der Waals surface area contributed by atoms with Crippen molar-refractivity contribution in [3.8, 4) is 0 Å². The maximum atomic E-state index is 6.20. The first kappa shape index (κ1) is 16.5. The van der Waals surface area contributed by atoms with Gasteiger partial charge >= 0.3 is 0 Å². The number of hydrogen-bond donors (Lipinski definition) is 1. The molecule has 0 bridgehead atoms. The highest BCUT2D eigenvalue weighted by Gasteiger charge is 2.16. The Morgan fingerprint density at radius 1 is 1.19 bits per heavy atom. The summed E-state index contributed by atoms with van der Waals surface area (Å²) < 4.78 is 0. The number of anilines is 1. The molecule has 1 unspecified atom stereocenters. The number of aromatic nitrogens is 2. The Bertz CT molecular complexity index is 444. The van der Waals surface area contributed by atoms with E-state index >= 15 is 0 Å². The number of halogens is 1. The monoisotopic (exact) mass is 310 g/mol. The Morgan fingerprint density at radius 3 is 2.57 bits per heavy atom. The second-order valence-electron chi connectivity index (χ2n) is 6.43. The van der Waals surface area contributed by atoms with Gasteiger partial charge in [0.1, 0.15) is 17.3 Å². The normalized spacial score (nSPS) is 18.0. The number of nitrogens with one attached hydrogen (secondary N) is 1. The molecule has 1 aliphatic rings. The molecule has 1 aliphatic heterocycles. The second kappa shape index (κ2) is 7.95. The van der Waals surface area contributed by atoms with Crippen LogP contribution in [-0.2, 0) is 0 Å². The molecule has 1 N–H and O–H groups in total. The summed E-state index contributed by atoms with van der Waals surface area (Å²) in [4.78, 5) is 11.0. The summed E-state index contributed by atoms with van der Waals surface area (Å²) in [6.07, 6.45) is 5.62. The van der Waals surface area contributed by atoms with Gasteiger partial charge in [-0.2, -0.15) is 0 Å². The van der Waals surface area contributed by atoms with Gasteiger partial charge in [-0.1, -0.05) is 38.8 Å². The van der Waals surface area contributed by atoms with E-state index in [2.05, 4.69) is 41.0 Å². The topological polar surface area (TPSA) is 41.1 Å². The molecule has 1 saturated heterocycles. The van der Waals surface area contributed by atoms with E-state index in [9.17, 15) is 0 Å². The predicted molar refractivity (Wildman–Crippen MR) is 89.1 cm³/mol. The minimum absolute atomic E-state index is 0.318. The molecule has 118 valence electrons. The molecular weight excluding hydrogens is 284 g/mol. The summed E-state index contributed by atoms with van der Waals surface area (Å²) in [5.74, 6) is 1.80. The molecule has 2 heterocycles. The van der Waals surface area contributed by atoms with Gasteiger partial charge in [0, 0.05) is 18.7 Å². The Hall–Kier alpha value is -0.870. The molecule has 1 atom stereocenters. The van der Waals surface area contributed by atoms with Crippen LogP contribution in [0.25, 0.3) is 0 Å². The van der Waals surface area contributed by atoms with Gasteiger partial charge in [-0.25, -0.2) is 9.97 Å². The minimum Gasteiger partial charge on any atom is -0.369 e. The maximum absolute atomic E-state index is 6.20. The number of rotatable bonds is 6. The Balaban J connectivity index is 1.88. The van der Waals surface area contributed by atoms with Crippen LogP contribution in [0.4, 0.5) is 5.82 Å². The smallest absolute Gasteiger partial charge is 0.138 e. The molecule has 2 rings (SSSR count). The fraction of sp³-hybridized carbons (Fsp3) is 0.750. The number of hydrogen-bond acceptors (Lipinski definition) is 4. The van der Waals surface area contributed by atoms with E-state index in [4.69, 9.17) is 11.6 Å². The van der Waals surface area contributed by atoms with E-state index in [1.807, 2.05) is 0 Å². The first-order valence-corrected chi connectivity index (χ1v) is 8.42. The van der Waals surface area contributed by atoms with Crippen LogP contribution in [0.15, 0.2) is 6.33 Å². The van der Waals surface area contributed by atoms with Crippen molar-refractivity contribution in [2.24, 2.45) is 5.92 Å². The maximum Gasteiger partial charge on any atom is 0.138 e. The highest BCUT2D eigenvalue weighted by atomic mass is 35.5. The zero-order valence-corrected chi connectivity index (χ0v) is 14.2. The zero-order valence-electron chi connectivity index (χ0n) is 13.4. The van der Waals surface area contributed by atoms with Gasteiger partial charge in [0.2, 0.25) is 0 Å². The molecule has 0 radical (unpaired) electrons. The SMILES string of the molecule is CC(CNc1ncnc(Cl)c1C(C)C)CN1CCCCC1. The highest BCUT2D eigenvalue weighted by Crippen LogP contribution is 2.28. The van der Waals surface area contributed by atoms with Gasteiger partial charge in [-0.15, -0.1) is 0 Å². The van der Waals surface area contributed by atoms with Crippen molar-refractivity contribution >= 4 is 17.4 Å². The van der Waals surface area contributed by atoms with Crippen molar-refractivity contribution < 1.29 is 0 Å². The molecule has 0 amide bonds. The van der Waals surface area contributed by atoms with E-state index in [1.165, 1.54) is 38.7 Å². The molecule has 21 heavy (non-hydrogen) atoms. The average molecular weight is 311 g/mol. The summed E-state index contributed by atoms with van der Waals surface area (Å²) in [5.41, 5.74) is 1.02. The lowest BCUT2D eigenvalue weighted by Crippen LogP contribution is -2.35. The van der Waals surface area contributed by atoms with E-state index < -0.39 is 0 Å². The molecule has 1 fully saturated rings. The van der Waals surface area contributed by atoms with Crippen LogP contribution in [0.3, 0.4) is 0 Å². The standard InChI is InChI=1S/C16H27ClN4/c1-12(2)14-15(17)19-11-20-16(14)18-9-13(3)10-21-7-5-4-6-8-21/h11-13H,4-10H2,1-3H3,(H,18,19,20). The third-order valence-corrected chi connectivity index (χ3v) is 4.35. The van der Waals surface area contributed by atoms with Gasteiger partial charge in [-0.3, -0.25) is 0 Å². The van der Waals surface area contributed by atoms with Crippen molar-refractivity contribution in [1.82, 2.24) is 14.9 Å². The zero-order chi connectivity index (χ0) is 15.2. The van der Waals surface area contributed by atoms with Gasteiger partial charge in [0.05, 0.1) is 0 Å². The van der Waals surface area contributed by atoms with Crippen LogP contribution in [0.1, 0.15) is 51.5 Å². The van der Waals surface area contributed by atoms with Crippen molar-refractivity contribution in [3.05, 3.63) is 17.0 Å². The molecule has 4 nitrogen and oxygen atoms in total. The van der Waals surface area contributed by atoms with Crippen molar-refractivity contribution in [3.63, 3.8) is 0 Å². The molecule has 0 saturated carbocycles. The molecule has 0 spiro atoms. The van der Waals surface area contributed by atoms with Crippen LogP contribution in [0.5, 0.6) is 0 Å². The highest BCUT2D eigenvalue weighted by molar-refractivity contribution is 6.30. The van der Waals surface area contributed by atoms with Gasteiger partial charge in [0.15, 0.2) is 0 Å². The van der Waals surface area contributed by atoms with Gasteiger partial charge in [0.25, 0.3) is 0 Å². The fourth-order valence-electron chi connectivity index (χ4n) is 2.94. The lowest BCUT2D eigenvalue weighted by molar-refractivity contribution is 0.204. The Kier molecular flexibility index (Phi) is 6.24. The fourth-order valence-corrected chi connectivity index (χ4v) is 3.30. The van der Waals surface area contributed by atoms with E-state index in [0.717, 1.165) is 24.5 Å². The van der Waals surface area contributed by atoms with Crippen LogP contribution in [-0.4, -0.2) is 41.0 Å². The molecule has 0 aromatic carbocycles. The van der Waals surface area contributed by atoms with Crippen molar-refractivity contribution in [2.45, 2.75) is 46.0 Å². The van der Waals surface area contributed by atoms with Crippen molar-refractivity contribution in [1.29, 1.82) is 0 Å². The minimum atomic E-state index is 0.318. The van der Waals surface area contributed by atoms with E-state index in [-0.39, 0.29) is 0 Å². The van der Waals surface area contributed by atoms with Crippen molar-refractivity contribution in [2.75, 3.05) is 31.5 Å². The van der Waals surface area contributed by atoms with E-state index in [1.54, 1.807) is 0 Å². The summed E-state index contributed by atoms with van der Waals surface area (Å²) in [7, 11) is 0. The summed E-state index contributed by atoms with van der Waals surface area (Å²) in [6.45, 7) is 11.1.